The van der Waals surface area contributed by atoms with Crippen LogP contribution in [0.2, 0.25) is 10.0 Å². The molecule has 1 amide bonds. The number of halogens is 2. The Labute approximate surface area is 167 Å². The largest absolute Gasteiger partial charge is 0.501 e. The van der Waals surface area contributed by atoms with E-state index in [1.165, 1.54) is 18.4 Å². The molecule has 1 aromatic carbocycles. The molecule has 0 saturated heterocycles. The number of hydrogen-bond donors (Lipinski definition) is 1. The van der Waals surface area contributed by atoms with Crippen LogP contribution in [0.15, 0.2) is 24.0 Å². The van der Waals surface area contributed by atoms with Crippen LogP contribution in [0.4, 0.5) is 10.5 Å². The van der Waals surface area contributed by atoms with E-state index < -0.39 is 11.9 Å². The molecule has 1 saturated carbocycles. The third-order valence-corrected chi connectivity index (χ3v) is 4.63. The summed E-state index contributed by atoms with van der Waals surface area (Å²) in [5.41, 5.74) is -0.0400. The molecule has 0 unspecified atom stereocenters. The molecule has 146 valence electrons. The predicted molar refractivity (Wildman–Crippen MR) is 103 cm³/mol. The van der Waals surface area contributed by atoms with Crippen LogP contribution in [0.3, 0.4) is 0 Å². The number of Topliss-reactive ketones (excluding diaryl/α,β-unsaturated/α-hetero) is 2. The highest BCUT2D eigenvalue weighted by atomic mass is 35.5. The maximum atomic E-state index is 13.0. The molecule has 2 rings (SSSR count). The summed E-state index contributed by atoms with van der Waals surface area (Å²) < 4.78 is 10.2. The van der Waals surface area contributed by atoms with Gasteiger partial charge in [0.1, 0.15) is 5.57 Å². The summed E-state index contributed by atoms with van der Waals surface area (Å²) in [6.07, 6.45) is 2.53. The number of ether oxygens (including phenoxy) is 2. The first-order valence-corrected chi connectivity index (χ1v) is 9.48. The van der Waals surface area contributed by atoms with E-state index in [0.717, 1.165) is 12.8 Å². The quantitative estimate of drug-likeness (QED) is 0.201. The number of nitrogens with one attached hydrogen (secondary N) is 1. The number of carbonyl (C=O) groups excluding carboxylic acids is 3. The first kappa shape index (κ1) is 21.3. The van der Waals surface area contributed by atoms with E-state index in [0.29, 0.717) is 13.0 Å². The van der Waals surface area contributed by atoms with Gasteiger partial charge in [0.2, 0.25) is 5.78 Å². The highest BCUT2D eigenvalue weighted by molar-refractivity contribution is 6.45. The van der Waals surface area contributed by atoms with Crippen LogP contribution in [-0.2, 0) is 14.3 Å². The van der Waals surface area contributed by atoms with Crippen LogP contribution in [0.5, 0.6) is 0 Å². The van der Waals surface area contributed by atoms with Gasteiger partial charge < -0.3 is 9.47 Å². The summed E-state index contributed by atoms with van der Waals surface area (Å²) in [7, 11) is 0. The Hall–Kier alpha value is -2.05. The Morgan fingerprint density at radius 1 is 1.22 bits per heavy atom. The molecule has 0 radical (unpaired) electrons. The number of allylic oxidation sites excluding steroid dienone is 1. The van der Waals surface area contributed by atoms with Gasteiger partial charge in [-0.3, -0.25) is 14.9 Å². The monoisotopic (exact) mass is 413 g/mol. The summed E-state index contributed by atoms with van der Waals surface area (Å²) in [5, 5.41) is 2.60. The summed E-state index contributed by atoms with van der Waals surface area (Å²) in [6, 6.07) is 2.84. The zero-order valence-corrected chi connectivity index (χ0v) is 16.7. The van der Waals surface area contributed by atoms with Gasteiger partial charge in [-0.15, -0.1) is 0 Å². The van der Waals surface area contributed by atoms with E-state index in [-0.39, 0.29) is 45.2 Å². The molecule has 1 N–H and O–H groups in total. The van der Waals surface area contributed by atoms with Gasteiger partial charge in [0, 0.05) is 11.5 Å². The summed E-state index contributed by atoms with van der Waals surface area (Å²) in [4.78, 5) is 37.5. The van der Waals surface area contributed by atoms with Gasteiger partial charge in [-0.05, 0) is 38.3 Å². The second-order valence-corrected chi connectivity index (χ2v) is 6.78. The van der Waals surface area contributed by atoms with Gasteiger partial charge >= 0.3 is 6.09 Å². The maximum Gasteiger partial charge on any atom is 0.411 e. The number of benzene rings is 1. The number of ketones is 2. The number of amides is 1. The van der Waals surface area contributed by atoms with Crippen molar-refractivity contribution in [2.45, 2.75) is 33.1 Å². The number of anilines is 1. The fourth-order valence-corrected chi connectivity index (χ4v) is 2.67. The molecular formula is C19H21Cl2NO5. The lowest BCUT2D eigenvalue weighted by atomic mass is 9.97. The highest BCUT2D eigenvalue weighted by Gasteiger charge is 2.36. The Morgan fingerprint density at radius 3 is 2.52 bits per heavy atom. The lowest BCUT2D eigenvalue weighted by molar-refractivity contribution is -0.116. The minimum absolute atomic E-state index is 0.00117. The van der Waals surface area contributed by atoms with E-state index >= 15 is 0 Å². The fraction of sp³-hybridized carbons (Fsp3) is 0.421. The molecule has 0 heterocycles. The standard InChI is InChI=1S/C19H21Cl2NO5/c1-3-9-27-19(25)22-16-12(7-8-14(20)15(16)21)18(24)13(10-26-4-2)17(23)11-5-6-11/h7-8,10-11H,3-6,9H2,1-2H3,(H,22,25)/b13-10-. The molecule has 0 spiro atoms. The first-order chi connectivity index (χ1) is 12.9. The lowest BCUT2D eigenvalue weighted by Gasteiger charge is -2.14. The Bertz CT molecular complexity index is 772. The molecule has 1 aliphatic rings. The second-order valence-electron chi connectivity index (χ2n) is 6.00. The zero-order valence-electron chi connectivity index (χ0n) is 15.1. The molecule has 0 aliphatic heterocycles. The van der Waals surface area contributed by atoms with Crippen molar-refractivity contribution in [3.63, 3.8) is 0 Å². The minimum Gasteiger partial charge on any atom is -0.501 e. The van der Waals surface area contributed by atoms with E-state index in [1.54, 1.807) is 6.92 Å². The predicted octanol–water partition coefficient (Wildman–Crippen LogP) is 5.03. The Morgan fingerprint density at radius 2 is 1.93 bits per heavy atom. The van der Waals surface area contributed by atoms with Crippen LogP contribution in [0, 0.1) is 5.92 Å². The molecule has 1 fully saturated rings. The third-order valence-electron chi connectivity index (χ3n) is 3.83. The van der Waals surface area contributed by atoms with Crippen LogP contribution in [0.25, 0.3) is 0 Å². The third kappa shape index (κ3) is 5.47. The smallest absolute Gasteiger partial charge is 0.411 e. The Kier molecular flexibility index (Phi) is 7.68. The van der Waals surface area contributed by atoms with E-state index in [1.807, 2.05) is 6.92 Å². The van der Waals surface area contributed by atoms with Gasteiger partial charge in [-0.25, -0.2) is 4.79 Å². The molecule has 6 nitrogen and oxygen atoms in total. The van der Waals surface area contributed by atoms with Crippen LogP contribution in [-0.4, -0.2) is 30.9 Å². The van der Waals surface area contributed by atoms with Gasteiger partial charge in [0.25, 0.3) is 0 Å². The van der Waals surface area contributed by atoms with E-state index in [9.17, 15) is 14.4 Å². The molecular weight excluding hydrogens is 393 g/mol. The molecule has 8 heteroatoms. The second kappa shape index (κ2) is 9.76. The SMILES string of the molecule is CCCOC(=O)Nc1c(C(=O)/C(=C\OCC)C(=O)C2CC2)ccc(Cl)c1Cl. The lowest BCUT2D eigenvalue weighted by Crippen LogP contribution is -2.20. The van der Waals surface area contributed by atoms with Gasteiger partial charge in [-0.1, -0.05) is 30.1 Å². The Balaban J connectivity index is 2.39. The summed E-state index contributed by atoms with van der Waals surface area (Å²) >= 11 is 12.2. The normalized spacial score (nSPS) is 13.9. The van der Waals surface area contributed by atoms with Gasteiger partial charge in [0.05, 0.1) is 35.2 Å². The van der Waals surface area contributed by atoms with Gasteiger partial charge in [0.15, 0.2) is 5.78 Å². The van der Waals surface area contributed by atoms with Crippen LogP contribution in [0.1, 0.15) is 43.5 Å². The van der Waals surface area contributed by atoms with E-state index in [4.69, 9.17) is 32.7 Å². The maximum absolute atomic E-state index is 13.0. The molecule has 1 aliphatic carbocycles. The van der Waals surface area contributed by atoms with Crippen LogP contribution < -0.4 is 5.32 Å². The summed E-state index contributed by atoms with van der Waals surface area (Å²) in [6.45, 7) is 4.12. The van der Waals surface area contributed by atoms with Crippen molar-refractivity contribution in [3.05, 3.63) is 39.6 Å². The van der Waals surface area contributed by atoms with Crippen molar-refractivity contribution < 1.29 is 23.9 Å². The molecule has 0 atom stereocenters. The topological polar surface area (TPSA) is 81.7 Å². The minimum atomic E-state index is -0.765. The molecule has 0 aromatic heterocycles. The number of hydrogen-bond acceptors (Lipinski definition) is 5. The van der Waals surface area contributed by atoms with Crippen molar-refractivity contribution in [1.29, 1.82) is 0 Å². The van der Waals surface area contributed by atoms with Crippen molar-refractivity contribution in [1.82, 2.24) is 0 Å². The average molecular weight is 414 g/mol. The molecule has 1 aromatic rings. The molecule has 0 bridgehead atoms. The zero-order chi connectivity index (χ0) is 20.0. The van der Waals surface area contributed by atoms with Crippen molar-refractivity contribution in [2.24, 2.45) is 5.92 Å². The number of rotatable bonds is 9. The molecule has 27 heavy (non-hydrogen) atoms. The highest BCUT2D eigenvalue weighted by Crippen LogP contribution is 2.37. The van der Waals surface area contributed by atoms with Crippen molar-refractivity contribution in [2.75, 3.05) is 18.5 Å². The summed E-state index contributed by atoms with van der Waals surface area (Å²) in [5.74, 6) is -1.04. The van der Waals surface area contributed by atoms with Crippen molar-refractivity contribution in [3.8, 4) is 0 Å². The van der Waals surface area contributed by atoms with E-state index in [2.05, 4.69) is 5.32 Å². The fourth-order valence-electron chi connectivity index (χ4n) is 2.30. The number of carbonyl (C=O) groups is 3. The first-order valence-electron chi connectivity index (χ1n) is 8.73. The van der Waals surface area contributed by atoms with Crippen LogP contribution >= 0.6 is 23.2 Å². The van der Waals surface area contributed by atoms with Crippen molar-refractivity contribution >= 4 is 46.5 Å². The van der Waals surface area contributed by atoms with Gasteiger partial charge in [-0.2, -0.15) is 0 Å². The average Bonchev–Trinajstić information content (AvgIpc) is 3.49.